The molecular weight excluding hydrogens is 382 g/mol. The van der Waals surface area contributed by atoms with Crippen molar-refractivity contribution < 1.29 is 14.3 Å². The quantitative estimate of drug-likeness (QED) is 0.394. The zero-order chi connectivity index (χ0) is 18.2. The van der Waals surface area contributed by atoms with Gasteiger partial charge in [0.15, 0.2) is 0 Å². The number of benzene rings is 2. The van der Waals surface area contributed by atoms with Crippen molar-refractivity contribution in [2.24, 2.45) is 0 Å². The van der Waals surface area contributed by atoms with E-state index in [-0.39, 0.29) is 11.7 Å². The third kappa shape index (κ3) is 5.77. The first-order valence-electron chi connectivity index (χ1n) is 7.78. The van der Waals surface area contributed by atoms with Crippen LogP contribution in [0, 0.1) is 11.3 Å². The maximum atomic E-state index is 12.0. The molecule has 0 atom stereocenters. The van der Waals surface area contributed by atoms with Crippen LogP contribution in [0.1, 0.15) is 25.0 Å². The minimum absolute atomic E-state index is 0.0728. The van der Waals surface area contributed by atoms with E-state index in [0.717, 1.165) is 10.0 Å². The number of nitriles is 1. The fourth-order valence-corrected chi connectivity index (χ4v) is 2.45. The number of ether oxygens (including phenoxy) is 2. The van der Waals surface area contributed by atoms with Gasteiger partial charge in [0.1, 0.15) is 24.0 Å². The zero-order valence-corrected chi connectivity index (χ0v) is 15.6. The minimum atomic E-state index is -0.647. The predicted molar refractivity (Wildman–Crippen MR) is 99.7 cm³/mol. The minimum Gasteiger partial charge on any atom is -0.488 e. The lowest BCUT2D eigenvalue weighted by Crippen LogP contribution is -2.12. The van der Waals surface area contributed by atoms with E-state index < -0.39 is 5.97 Å². The van der Waals surface area contributed by atoms with E-state index in [0.29, 0.717) is 17.9 Å². The molecule has 0 aliphatic heterocycles. The summed E-state index contributed by atoms with van der Waals surface area (Å²) >= 11 is 3.40. The molecule has 0 aliphatic carbocycles. The second-order valence-electron chi connectivity index (χ2n) is 5.58. The molecule has 0 fully saturated rings. The van der Waals surface area contributed by atoms with E-state index in [9.17, 15) is 10.1 Å². The summed E-state index contributed by atoms with van der Waals surface area (Å²) < 4.78 is 11.8. The number of nitrogens with zero attached hydrogens (tertiary/aromatic N) is 1. The fourth-order valence-electron chi connectivity index (χ4n) is 2.07. The van der Waals surface area contributed by atoms with Crippen molar-refractivity contribution >= 4 is 28.0 Å². The van der Waals surface area contributed by atoms with Gasteiger partial charge in [-0.1, -0.05) is 46.3 Å². The molecule has 0 unspecified atom stereocenters. The van der Waals surface area contributed by atoms with Crippen LogP contribution in [0.25, 0.3) is 6.08 Å². The Morgan fingerprint density at radius 3 is 2.60 bits per heavy atom. The number of esters is 1. The smallest absolute Gasteiger partial charge is 0.349 e. The zero-order valence-electron chi connectivity index (χ0n) is 14.0. The molecule has 0 saturated heterocycles. The summed E-state index contributed by atoms with van der Waals surface area (Å²) in [6.07, 6.45) is 1.19. The highest BCUT2D eigenvalue weighted by atomic mass is 79.9. The second-order valence-corrected chi connectivity index (χ2v) is 6.50. The molecule has 0 N–H and O–H groups in total. The van der Waals surface area contributed by atoms with Gasteiger partial charge in [-0.2, -0.15) is 5.26 Å². The van der Waals surface area contributed by atoms with Crippen LogP contribution in [0.5, 0.6) is 5.75 Å². The Hall–Kier alpha value is -2.58. The topological polar surface area (TPSA) is 59.3 Å². The van der Waals surface area contributed by atoms with E-state index in [2.05, 4.69) is 15.9 Å². The number of halogens is 1. The second kappa shape index (κ2) is 9.05. The lowest BCUT2D eigenvalue weighted by molar-refractivity contribution is -0.142. The summed E-state index contributed by atoms with van der Waals surface area (Å²) in [7, 11) is 0. The van der Waals surface area contributed by atoms with Gasteiger partial charge < -0.3 is 9.47 Å². The molecule has 5 heteroatoms. The van der Waals surface area contributed by atoms with Gasteiger partial charge in [0.25, 0.3) is 0 Å². The Morgan fingerprint density at radius 2 is 1.96 bits per heavy atom. The number of hydrogen-bond donors (Lipinski definition) is 0. The highest BCUT2D eigenvalue weighted by molar-refractivity contribution is 9.10. The first-order chi connectivity index (χ1) is 12.0. The first kappa shape index (κ1) is 18.8. The van der Waals surface area contributed by atoms with Crippen LogP contribution < -0.4 is 4.74 Å². The maximum Gasteiger partial charge on any atom is 0.349 e. The van der Waals surface area contributed by atoms with Gasteiger partial charge in [-0.15, -0.1) is 0 Å². The van der Waals surface area contributed by atoms with E-state index in [1.807, 2.05) is 42.5 Å². The molecule has 0 bridgehead atoms. The van der Waals surface area contributed by atoms with Gasteiger partial charge in [0.05, 0.1) is 6.10 Å². The molecule has 128 valence electrons. The molecule has 0 spiro atoms. The van der Waals surface area contributed by atoms with Crippen LogP contribution in [0.15, 0.2) is 58.6 Å². The van der Waals surface area contributed by atoms with Crippen LogP contribution in [-0.4, -0.2) is 12.1 Å². The molecule has 0 aromatic heterocycles. The summed E-state index contributed by atoms with van der Waals surface area (Å²) in [4.78, 5) is 12.0. The van der Waals surface area contributed by atoms with Crippen molar-refractivity contribution in [1.82, 2.24) is 0 Å². The lowest BCUT2D eigenvalue weighted by Gasteiger charge is -2.11. The summed E-state index contributed by atoms with van der Waals surface area (Å²) in [5.41, 5.74) is 1.58. The Morgan fingerprint density at radius 1 is 1.24 bits per heavy atom. The molecule has 2 aromatic rings. The van der Waals surface area contributed by atoms with Crippen LogP contribution in [0.3, 0.4) is 0 Å². The molecule has 25 heavy (non-hydrogen) atoms. The van der Waals surface area contributed by atoms with E-state index in [1.54, 1.807) is 26.0 Å². The average Bonchev–Trinajstić information content (AvgIpc) is 2.59. The van der Waals surface area contributed by atoms with Gasteiger partial charge >= 0.3 is 5.97 Å². The van der Waals surface area contributed by atoms with Gasteiger partial charge in [-0.3, -0.25) is 0 Å². The number of carbonyl (C=O) groups excluding carboxylic acids is 1. The van der Waals surface area contributed by atoms with E-state index in [1.165, 1.54) is 6.08 Å². The summed E-state index contributed by atoms with van der Waals surface area (Å²) in [6.45, 7) is 3.86. The Labute approximate surface area is 155 Å². The van der Waals surface area contributed by atoms with E-state index in [4.69, 9.17) is 9.47 Å². The van der Waals surface area contributed by atoms with Crippen molar-refractivity contribution in [2.45, 2.75) is 26.6 Å². The molecule has 0 saturated carbocycles. The molecule has 0 heterocycles. The van der Waals surface area contributed by atoms with Crippen molar-refractivity contribution in [2.75, 3.05) is 0 Å². The normalized spacial score (nSPS) is 11.1. The predicted octanol–water partition coefficient (Wildman–Crippen LogP) is 4.89. The molecule has 0 aliphatic rings. The van der Waals surface area contributed by atoms with Crippen molar-refractivity contribution in [3.05, 3.63) is 69.7 Å². The highest BCUT2D eigenvalue weighted by Crippen LogP contribution is 2.26. The number of carbonyl (C=O) groups is 1. The Bertz CT molecular complexity index is 807. The van der Waals surface area contributed by atoms with Gasteiger partial charge in [0, 0.05) is 10.0 Å². The van der Waals surface area contributed by atoms with Crippen LogP contribution in [0.2, 0.25) is 0 Å². The van der Waals surface area contributed by atoms with Gasteiger partial charge in [0.2, 0.25) is 0 Å². The number of rotatable bonds is 6. The fraction of sp³-hybridized carbons (Fsp3) is 0.200. The number of hydrogen-bond acceptors (Lipinski definition) is 4. The van der Waals surface area contributed by atoms with Crippen LogP contribution >= 0.6 is 15.9 Å². The van der Waals surface area contributed by atoms with E-state index >= 15 is 0 Å². The third-order valence-electron chi connectivity index (χ3n) is 3.19. The van der Waals surface area contributed by atoms with Gasteiger partial charge in [-0.25, -0.2) is 4.79 Å². The first-order valence-corrected chi connectivity index (χ1v) is 8.58. The molecule has 2 aromatic carbocycles. The lowest BCUT2D eigenvalue weighted by atomic mass is 10.1. The SMILES string of the molecule is CC(C)OC(=O)/C(C#N)=C/c1cc(Br)ccc1OCc1ccccc1. The van der Waals surface area contributed by atoms with Gasteiger partial charge in [-0.05, 0) is 43.7 Å². The molecule has 4 nitrogen and oxygen atoms in total. The molecule has 2 rings (SSSR count). The standard InChI is InChI=1S/C20H18BrNO3/c1-14(2)25-20(23)17(12-22)10-16-11-18(21)8-9-19(16)24-13-15-6-4-3-5-7-15/h3-11,14H,13H2,1-2H3/b17-10+. The Kier molecular flexibility index (Phi) is 6.79. The van der Waals surface area contributed by atoms with Crippen molar-refractivity contribution in [3.8, 4) is 11.8 Å². The largest absolute Gasteiger partial charge is 0.488 e. The van der Waals surface area contributed by atoms with Crippen LogP contribution in [-0.2, 0) is 16.1 Å². The van der Waals surface area contributed by atoms with Crippen molar-refractivity contribution in [3.63, 3.8) is 0 Å². The van der Waals surface area contributed by atoms with Crippen LogP contribution in [0.4, 0.5) is 0 Å². The monoisotopic (exact) mass is 399 g/mol. The molecular formula is C20H18BrNO3. The molecule has 0 amide bonds. The Balaban J connectivity index is 2.27. The average molecular weight is 400 g/mol. The highest BCUT2D eigenvalue weighted by Gasteiger charge is 2.14. The van der Waals surface area contributed by atoms with Crippen molar-refractivity contribution in [1.29, 1.82) is 5.26 Å². The summed E-state index contributed by atoms with van der Waals surface area (Å²) in [6, 6.07) is 17.1. The summed E-state index contributed by atoms with van der Waals surface area (Å²) in [5, 5.41) is 9.27. The summed E-state index contributed by atoms with van der Waals surface area (Å²) in [5.74, 6) is -0.0661. The third-order valence-corrected chi connectivity index (χ3v) is 3.69. The maximum absolute atomic E-state index is 12.0. The molecule has 0 radical (unpaired) electrons.